The van der Waals surface area contributed by atoms with Crippen molar-refractivity contribution < 1.29 is 0 Å². The number of anilines is 2. The van der Waals surface area contributed by atoms with Gasteiger partial charge in [0.2, 0.25) is 0 Å². The lowest BCUT2D eigenvalue weighted by molar-refractivity contribution is 0.727. The largest absolute Gasteiger partial charge is 0.378 e. The van der Waals surface area contributed by atoms with Crippen molar-refractivity contribution in [3.63, 3.8) is 0 Å². The van der Waals surface area contributed by atoms with Crippen molar-refractivity contribution in [2.45, 2.75) is 19.4 Å². The molecule has 1 aliphatic heterocycles. The summed E-state index contributed by atoms with van der Waals surface area (Å²) >= 11 is 1.79. The molecule has 90 valence electrons. The Balaban J connectivity index is 1.93. The standard InChI is InChI=1S/C12H16N4S/c1-3-8-11-12(16(2)15-8)14-9(7-13-11)10-5-4-6-17-10/h4-6,9,13-14H,3,7H2,1-2H3. The summed E-state index contributed by atoms with van der Waals surface area (Å²) in [5.41, 5.74) is 2.31. The molecule has 2 aromatic heterocycles. The number of aromatic nitrogens is 2. The predicted octanol–water partition coefficient (Wildman–Crippen LogP) is 2.62. The normalized spacial score (nSPS) is 18.4. The highest BCUT2D eigenvalue weighted by atomic mass is 32.1. The third-order valence-electron chi connectivity index (χ3n) is 3.14. The highest BCUT2D eigenvalue weighted by Crippen LogP contribution is 2.35. The minimum absolute atomic E-state index is 0.350. The molecule has 2 aromatic rings. The molecule has 1 atom stereocenters. The van der Waals surface area contributed by atoms with Crippen LogP contribution in [0, 0.1) is 0 Å². The van der Waals surface area contributed by atoms with Gasteiger partial charge in [0.15, 0.2) is 0 Å². The van der Waals surface area contributed by atoms with Crippen LogP contribution in [0.15, 0.2) is 17.5 Å². The molecule has 0 aliphatic carbocycles. The number of rotatable bonds is 2. The average Bonchev–Trinajstić information content (AvgIpc) is 2.97. The summed E-state index contributed by atoms with van der Waals surface area (Å²) in [5, 5.41) is 13.7. The highest BCUT2D eigenvalue weighted by Gasteiger charge is 2.24. The lowest BCUT2D eigenvalue weighted by Crippen LogP contribution is -2.26. The van der Waals surface area contributed by atoms with Crippen molar-refractivity contribution in [3.05, 3.63) is 28.1 Å². The van der Waals surface area contributed by atoms with Gasteiger partial charge in [0.25, 0.3) is 0 Å². The molecule has 3 rings (SSSR count). The third-order valence-corrected chi connectivity index (χ3v) is 4.12. The van der Waals surface area contributed by atoms with E-state index in [2.05, 4.69) is 40.2 Å². The van der Waals surface area contributed by atoms with Crippen LogP contribution >= 0.6 is 11.3 Å². The number of thiophene rings is 1. The SMILES string of the molecule is CCc1nn(C)c2c1NCC(c1cccs1)N2. The van der Waals surface area contributed by atoms with Crippen LogP contribution in [0.2, 0.25) is 0 Å². The number of hydrogen-bond donors (Lipinski definition) is 2. The third kappa shape index (κ3) is 1.70. The molecular formula is C12H16N4S. The molecule has 1 unspecified atom stereocenters. The minimum Gasteiger partial charge on any atom is -0.378 e. The summed E-state index contributed by atoms with van der Waals surface area (Å²) in [5.74, 6) is 1.10. The van der Waals surface area contributed by atoms with E-state index in [-0.39, 0.29) is 0 Å². The maximum absolute atomic E-state index is 4.52. The molecule has 1 aliphatic rings. The van der Waals surface area contributed by atoms with Gasteiger partial charge in [-0.3, -0.25) is 4.68 Å². The van der Waals surface area contributed by atoms with Crippen LogP contribution in [-0.4, -0.2) is 16.3 Å². The quantitative estimate of drug-likeness (QED) is 0.858. The fraction of sp³-hybridized carbons (Fsp3) is 0.417. The second kappa shape index (κ2) is 4.07. The first kappa shape index (κ1) is 10.7. The van der Waals surface area contributed by atoms with Gasteiger partial charge in [-0.05, 0) is 17.9 Å². The smallest absolute Gasteiger partial charge is 0.148 e. The van der Waals surface area contributed by atoms with Crippen molar-refractivity contribution in [2.24, 2.45) is 7.05 Å². The summed E-state index contributed by atoms with van der Waals surface area (Å²) in [6.45, 7) is 3.06. The summed E-state index contributed by atoms with van der Waals surface area (Å²) in [6, 6.07) is 4.62. The van der Waals surface area contributed by atoms with Gasteiger partial charge >= 0.3 is 0 Å². The van der Waals surface area contributed by atoms with E-state index in [9.17, 15) is 0 Å². The van der Waals surface area contributed by atoms with Crippen molar-refractivity contribution in [1.82, 2.24) is 9.78 Å². The Labute approximate surface area is 105 Å². The van der Waals surface area contributed by atoms with Crippen LogP contribution in [0.4, 0.5) is 11.5 Å². The zero-order valence-electron chi connectivity index (χ0n) is 10.0. The van der Waals surface area contributed by atoms with E-state index in [0.717, 1.165) is 24.5 Å². The molecule has 2 N–H and O–H groups in total. The Hall–Kier alpha value is -1.49. The van der Waals surface area contributed by atoms with Gasteiger partial charge < -0.3 is 10.6 Å². The molecule has 0 amide bonds. The molecular weight excluding hydrogens is 232 g/mol. The van der Waals surface area contributed by atoms with Crippen molar-refractivity contribution in [2.75, 3.05) is 17.2 Å². The van der Waals surface area contributed by atoms with E-state index in [4.69, 9.17) is 0 Å². The van der Waals surface area contributed by atoms with Gasteiger partial charge in [-0.1, -0.05) is 13.0 Å². The number of aryl methyl sites for hydroxylation is 2. The topological polar surface area (TPSA) is 41.9 Å². The number of fused-ring (bicyclic) bond motifs is 1. The van der Waals surface area contributed by atoms with Crippen molar-refractivity contribution in [1.29, 1.82) is 0 Å². The average molecular weight is 248 g/mol. The van der Waals surface area contributed by atoms with E-state index >= 15 is 0 Å². The summed E-state index contributed by atoms with van der Waals surface area (Å²) in [6.07, 6.45) is 0.960. The van der Waals surface area contributed by atoms with Gasteiger partial charge in [-0.15, -0.1) is 11.3 Å². The number of hydrogen-bond acceptors (Lipinski definition) is 4. The molecule has 0 radical (unpaired) electrons. The van der Waals surface area contributed by atoms with Crippen molar-refractivity contribution >= 4 is 22.8 Å². The van der Waals surface area contributed by atoms with Gasteiger partial charge in [0.1, 0.15) is 11.5 Å². The number of nitrogens with zero attached hydrogens (tertiary/aromatic N) is 2. The summed E-state index contributed by atoms with van der Waals surface area (Å²) < 4.78 is 1.93. The molecule has 4 nitrogen and oxygen atoms in total. The summed E-state index contributed by atoms with van der Waals surface area (Å²) in [7, 11) is 1.99. The second-order valence-corrected chi connectivity index (χ2v) is 5.22. The number of nitrogens with one attached hydrogen (secondary N) is 2. The molecule has 0 aromatic carbocycles. The van der Waals surface area contributed by atoms with Crippen LogP contribution in [0.25, 0.3) is 0 Å². The maximum Gasteiger partial charge on any atom is 0.148 e. The van der Waals surface area contributed by atoms with E-state index in [1.54, 1.807) is 11.3 Å². The molecule has 17 heavy (non-hydrogen) atoms. The Bertz CT molecular complexity index is 515. The van der Waals surface area contributed by atoms with E-state index in [1.165, 1.54) is 10.6 Å². The Kier molecular flexibility index (Phi) is 2.55. The van der Waals surface area contributed by atoms with Crippen LogP contribution in [0.5, 0.6) is 0 Å². The molecule has 5 heteroatoms. The van der Waals surface area contributed by atoms with Gasteiger partial charge in [-0.2, -0.15) is 5.10 Å². The second-order valence-electron chi connectivity index (χ2n) is 4.24. The van der Waals surface area contributed by atoms with Gasteiger partial charge in [0, 0.05) is 18.5 Å². The van der Waals surface area contributed by atoms with Gasteiger partial charge in [-0.25, -0.2) is 0 Å². The molecule has 0 bridgehead atoms. The Morgan fingerprint density at radius 3 is 3.18 bits per heavy atom. The molecule has 0 saturated carbocycles. The first-order valence-electron chi connectivity index (χ1n) is 5.89. The van der Waals surface area contributed by atoms with Crippen LogP contribution in [0.1, 0.15) is 23.5 Å². The fourth-order valence-corrected chi connectivity index (χ4v) is 3.04. The lowest BCUT2D eigenvalue weighted by Gasteiger charge is -2.26. The molecule has 0 saturated heterocycles. The van der Waals surface area contributed by atoms with Crippen LogP contribution in [-0.2, 0) is 13.5 Å². The molecule has 3 heterocycles. The van der Waals surface area contributed by atoms with E-state index < -0.39 is 0 Å². The monoisotopic (exact) mass is 248 g/mol. The lowest BCUT2D eigenvalue weighted by atomic mass is 10.1. The predicted molar refractivity (Wildman–Crippen MR) is 71.8 cm³/mol. The zero-order valence-corrected chi connectivity index (χ0v) is 10.8. The minimum atomic E-state index is 0.350. The van der Waals surface area contributed by atoms with Gasteiger partial charge in [0.05, 0.1) is 11.7 Å². The van der Waals surface area contributed by atoms with E-state index in [0.29, 0.717) is 6.04 Å². The first-order chi connectivity index (χ1) is 8.29. The Morgan fingerprint density at radius 2 is 2.47 bits per heavy atom. The fourth-order valence-electron chi connectivity index (χ4n) is 2.26. The van der Waals surface area contributed by atoms with Crippen LogP contribution in [0.3, 0.4) is 0 Å². The highest BCUT2D eigenvalue weighted by molar-refractivity contribution is 7.10. The van der Waals surface area contributed by atoms with Crippen LogP contribution < -0.4 is 10.6 Å². The first-order valence-corrected chi connectivity index (χ1v) is 6.77. The maximum atomic E-state index is 4.52. The summed E-state index contributed by atoms with van der Waals surface area (Å²) in [4.78, 5) is 1.36. The van der Waals surface area contributed by atoms with E-state index in [1.807, 2.05) is 11.7 Å². The molecule has 0 spiro atoms. The molecule has 0 fully saturated rings. The Morgan fingerprint density at radius 1 is 1.59 bits per heavy atom. The zero-order chi connectivity index (χ0) is 11.8. The van der Waals surface area contributed by atoms with Crippen molar-refractivity contribution in [3.8, 4) is 0 Å².